The number of amides is 1. The lowest BCUT2D eigenvalue weighted by Gasteiger charge is -2.26. The van der Waals surface area contributed by atoms with Crippen LogP contribution in [0.5, 0.6) is 17.2 Å². The van der Waals surface area contributed by atoms with Gasteiger partial charge in [-0.25, -0.2) is 0 Å². The van der Waals surface area contributed by atoms with Crippen LogP contribution in [0.4, 0.5) is 0 Å². The third-order valence-corrected chi connectivity index (χ3v) is 4.36. The summed E-state index contributed by atoms with van der Waals surface area (Å²) in [6, 6.07) is 3.49. The molecule has 0 radical (unpaired) electrons. The molecule has 0 atom stereocenters. The van der Waals surface area contributed by atoms with E-state index >= 15 is 0 Å². The van der Waals surface area contributed by atoms with E-state index in [0.717, 1.165) is 25.9 Å². The number of carbonyl (C=O) groups excluding carboxylic acids is 1. The summed E-state index contributed by atoms with van der Waals surface area (Å²) >= 11 is 0. The van der Waals surface area contributed by atoms with Crippen molar-refractivity contribution in [3.8, 4) is 28.6 Å². The highest BCUT2D eigenvalue weighted by Crippen LogP contribution is 2.40. The van der Waals surface area contributed by atoms with Crippen LogP contribution < -0.4 is 14.2 Å². The Bertz CT molecular complexity index is 745. The number of likely N-dealkylation sites (tertiary alicyclic amines) is 1. The number of ether oxygens (including phenoxy) is 3. The van der Waals surface area contributed by atoms with Crippen LogP contribution in [0, 0.1) is 0 Å². The molecule has 0 bridgehead atoms. The molecule has 3 rings (SSSR count). The van der Waals surface area contributed by atoms with Gasteiger partial charge in [0, 0.05) is 18.7 Å². The zero-order valence-corrected chi connectivity index (χ0v) is 15.3. The van der Waals surface area contributed by atoms with Crippen molar-refractivity contribution < 1.29 is 19.0 Å². The number of aromatic nitrogens is 4. The zero-order chi connectivity index (χ0) is 18.5. The van der Waals surface area contributed by atoms with E-state index in [2.05, 4.69) is 15.4 Å². The average Bonchev–Trinajstić information content (AvgIpc) is 3.15. The van der Waals surface area contributed by atoms with E-state index in [9.17, 15) is 4.79 Å². The van der Waals surface area contributed by atoms with Crippen molar-refractivity contribution in [2.45, 2.75) is 25.8 Å². The normalized spacial score (nSPS) is 14.2. The van der Waals surface area contributed by atoms with Gasteiger partial charge >= 0.3 is 0 Å². The van der Waals surface area contributed by atoms with Crippen LogP contribution in [0.1, 0.15) is 19.3 Å². The Hall–Kier alpha value is -2.84. The Kier molecular flexibility index (Phi) is 5.55. The standard InChI is InChI=1S/C17H23N5O4/c1-24-13-9-12(10-14(25-2)16(13)26-3)17-18-20-22(19-17)11-15(23)21-7-5-4-6-8-21/h9-10H,4-8,11H2,1-3H3. The van der Waals surface area contributed by atoms with Crippen molar-refractivity contribution in [3.05, 3.63) is 12.1 Å². The van der Waals surface area contributed by atoms with Crippen LogP contribution in [-0.4, -0.2) is 65.4 Å². The number of rotatable bonds is 6. The first-order valence-electron chi connectivity index (χ1n) is 8.52. The number of benzene rings is 1. The summed E-state index contributed by atoms with van der Waals surface area (Å²) in [5, 5.41) is 12.4. The van der Waals surface area contributed by atoms with E-state index in [0.29, 0.717) is 28.6 Å². The van der Waals surface area contributed by atoms with Crippen LogP contribution in [0.3, 0.4) is 0 Å². The van der Waals surface area contributed by atoms with Gasteiger partial charge in [0.05, 0.1) is 21.3 Å². The van der Waals surface area contributed by atoms with Gasteiger partial charge in [-0.1, -0.05) is 0 Å². The maximum atomic E-state index is 12.3. The summed E-state index contributed by atoms with van der Waals surface area (Å²) in [7, 11) is 4.63. The van der Waals surface area contributed by atoms with Crippen molar-refractivity contribution in [3.63, 3.8) is 0 Å². The molecule has 1 aliphatic rings. The molecule has 9 heteroatoms. The fourth-order valence-electron chi connectivity index (χ4n) is 3.00. The first kappa shape index (κ1) is 18.0. The van der Waals surface area contributed by atoms with Gasteiger partial charge in [-0.2, -0.15) is 4.80 Å². The molecule has 1 aliphatic heterocycles. The first-order valence-corrected chi connectivity index (χ1v) is 8.52. The lowest BCUT2D eigenvalue weighted by Crippen LogP contribution is -2.38. The Morgan fingerprint density at radius 2 is 1.69 bits per heavy atom. The molecule has 1 amide bonds. The third-order valence-electron chi connectivity index (χ3n) is 4.36. The Labute approximate surface area is 151 Å². The van der Waals surface area contributed by atoms with Crippen LogP contribution in [-0.2, 0) is 11.3 Å². The molecular weight excluding hydrogens is 338 g/mol. The summed E-state index contributed by atoms with van der Waals surface area (Å²) in [6.07, 6.45) is 3.27. The van der Waals surface area contributed by atoms with Gasteiger partial charge in [0.25, 0.3) is 0 Å². The first-order chi connectivity index (χ1) is 12.7. The maximum absolute atomic E-state index is 12.3. The highest BCUT2D eigenvalue weighted by molar-refractivity contribution is 5.76. The monoisotopic (exact) mass is 361 g/mol. The molecule has 140 valence electrons. The second-order valence-electron chi connectivity index (χ2n) is 6.00. The lowest BCUT2D eigenvalue weighted by atomic mass is 10.1. The summed E-state index contributed by atoms with van der Waals surface area (Å²) in [6.45, 7) is 1.68. The highest BCUT2D eigenvalue weighted by atomic mass is 16.5. The number of tetrazole rings is 1. The van der Waals surface area contributed by atoms with Gasteiger partial charge in [-0.05, 0) is 36.6 Å². The van der Waals surface area contributed by atoms with Crippen molar-refractivity contribution in [1.82, 2.24) is 25.1 Å². The van der Waals surface area contributed by atoms with Crippen molar-refractivity contribution >= 4 is 5.91 Å². The van der Waals surface area contributed by atoms with Crippen molar-refractivity contribution in [1.29, 1.82) is 0 Å². The lowest BCUT2D eigenvalue weighted by molar-refractivity contribution is -0.133. The molecule has 0 N–H and O–H groups in total. The van der Waals surface area contributed by atoms with Gasteiger partial charge in [-0.15, -0.1) is 10.2 Å². The molecule has 0 aliphatic carbocycles. The van der Waals surface area contributed by atoms with E-state index < -0.39 is 0 Å². The number of piperidine rings is 1. The molecule has 0 saturated carbocycles. The summed E-state index contributed by atoms with van der Waals surface area (Å²) in [5.41, 5.74) is 0.663. The van der Waals surface area contributed by atoms with Crippen molar-refractivity contribution in [2.24, 2.45) is 0 Å². The number of hydrogen-bond acceptors (Lipinski definition) is 7. The number of hydrogen-bond donors (Lipinski definition) is 0. The van der Waals surface area contributed by atoms with E-state index in [-0.39, 0.29) is 12.5 Å². The number of carbonyl (C=O) groups is 1. The molecule has 9 nitrogen and oxygen atoms in total. The number of nitrogens with zero attached hydrogens (tertiary/aromatic N) is 5. The van der Waals surface area contributed by atoms with Crippen LogP contribution in [0.2, 0.25) is 0 Å². The summed E-state index contributed by atoms with van der Waals surface area (Å²) in [5.74, 6) is 1.89. The van der Waals surface area contributed by atoms with E-state index in [4.69, 9.17) is 14.2 Å². The molecular formula is C17H23N5O4. The SMILES string of the molecule is COc1cc(-c2nnn(CC(=O)N3CCCCC3)n2)cc(OC)c1OC. The topological polar surface area (TPSA) is 91.6 Å². The smallest absolute Gasteiger partial charge is 0.246 e. The quantitative estimate of drug-likeness (QED) is 0.767. The minimum atomic E-state index is 0.0125. The molecule has 2 heterocycles. The van der Waals surface area contributed by atoms with Gasteiger partial charge in [0.2, 0.25) is 17.5 Å². The fourth-order valence-corrected chi connectivity index (χ4v) is 3.00. The van der Waals surface area contributed by atoms with Crippen LogP contribution in [0.25, 0.3) is 11.4 Å². The van der Waals surface area contributed by atoms with Crippen LogP contribution in [0.15, 0.2) is 12.1 Å². The molecule has 0 spiro atoms. The second kappa shape index (κ2) is 8.03. The minimum absolute atomic E-state index is 0.0125. The minimum Gasteiger partial charge on any atom is -0.493 e. The second-order valence-corrected chi connectivity index (χ2v) is 6.00. The average molecular weight is 361 g/mol. The van der Waals surface area contributed by atoms with E-state index in [1.165, 1.54) is 11.2 Å². The van der Waals surface area contributed by atoms with Gasteiger partial charge < -0.3 is 19.1 Å². The largest absolute Gasteiger partial charge is 0.493 e. The molecule has 0 unspecified atom stereocenters. The van der Waals surface area contributed by atoms with Crippen molar-refractivity contribution in [2.75, 3.05) is 34.4 Å². The fraction of sp³-hybridized carbons (Fsp3) is 0.529. The molecule has 1 aromatic heterocycles. The highest BCUT2D eigenvalue weighted by Gasteiger charge is 2.20. The predicted molar refractivity (Wildman–Crippen MR) is 93.3 cm³/mol. The van der Waals surface area contributed by atoms with Gasteiger partial charge in [-0.3, -0.25) is 4.79 Å². The zero-order valence-electron chi connectivity index (χ0n) is 15.3. The van der Waals surface area contributed by atoms with Crippen LogP contribution >= 0.6 is 0 Å². The van der Waals surface area contributed by atoms with E-state index in [1.54, 1.807) is 33.5 Å². The third kappa shape index (κ3) is 3.71. The summed E-state index contributed by atoms with van der Waals surface area (Å²) in [4.78, 5) is 15.5. The molecule has 2 aromatic rings. The maximum Gasteiger partial charge on any atom is 0.246 e. The molecule has 1 fully saturated rings. The molecule has 1 aromatic carbocycles. The molecule has 1 saturated heterocycles. The summed E-state index contributed by atoms with van der Waals surface area (Å²) < 4.78 is 16.0. The predicted octanol–water partition coefficient (Wildman–Crippen LogP) is 1.38. The number of methoxy groups -OCH3 is 3. The van der Waals surface area contributed by atoms with Gasteiger partial charge in [0.1, 0.15) is 6.54 Å². The Morgan fingerprint density at radius 3 is 2.27 bits per heavy atom. The Balaban J connectivity index is 1.80. The Morgan fingerprint density at radius 1 is 1.04 bits per heavy atom. The van der Waals surface area contributed by atoms with E-state index in [1.807, 2.05) is 4.90 Å². The molecule has 26 heavy (non-hydrogen) atoms. The van der Waals surface area contributed by atoms with Gasteiger partial charge in [0.15, 0.2) is 11.5 Å².